The van der Waals surface area contributed by atoms with Crippen molar-refractivity contribution in [3.05, 3.63) is 59.7 Å². The largest absolute Gasteiger partial charge is 0.435 e. The normalized spacial score (nSPS) is 12.4. The Morgan fingerprint density at radius 1 is 1.19 bits per heavy atom. The standard InChI is InChI=1S/C15H15F3N2O/c1-2-20-14(12-7-8-19-9-13(12)16)10-3-5-11(6-4-10)21-15(17)18/h3-9,14-15,20H,2H2,1H3. The van der Waals surface area contributed by atoms with E-state index in [9.17, 15) is 13.2 Å². The molecule has 0 aliphatic heterocycles. The second-order valence-corrected chi connectivity index (χ2v) is 4.34. The van der Waals surface area contributed by atoms with Crippen molar-refractivity contribution in [1.29, 1.82) is 0 Å². The van der Waals surface area contributed by atoms with Crippen LogP contribution in [0.1, 0.15) is 24.1 Å². The van der Waals surface area contributed by atoms with Crippen molar-refractivity contribution < 1.29 is 17.9 Å². The lowest BCUT2D eigenvalue weighted by Crippen LogP contribution is -2.23. The molecule has 1 aromatic heterocycles. The number of aromatic nitrogens is 1. The van der Waals surface area contributed by atoms with Gasteiger partial charge in [-0.05, 0) is 30.3 Å². The van der Waals surface area contributed by atoms with Crippen molar-refractivity contribution in [3.63, 3.8) is 0 Å². The summed E-state index contributed by atoms with van der Waals surface area (Å²) in [4.78, 5) is 3.72. The molecular weight excluding hydrogens is 281 g/mol. The summed E-state index contributed by atoms with van der Waals surface area (Å²) in [5, 5.41) is 3.16. The summed E-state index contributed by atoms with van der Waals surface area (Å²) in [7, 11) is 0. The zero-order valence-corrected chi connectivity index (χ0v) is 11.4. The van der Waals surface area contributed by atoms with E-state index in [1.54, 1.807) is 18.2 Å². The lowest BCUT2D eigenvalue weighted by Gasteiger charge is -2.19. The van der Waals surface area contributed by atoms with E-state index in [1.807, 2.05) is 6.92 Å². The molecule has 0 fully saturated rings. The number of nitrogens with one attached hydrogen (secondary N) is 1. The van der Waals surface area contributed by atoms with Crippen LogP contribution < -0.4 is 10.1 Å². The van der Waals surface area contributed by atoms with Crippen LogP contribution in [0.15, 0.2) is 42.7 Å². The number of hydrogen-bond donors (Lipinski definition) is 1. The predicted molar refractivity (Wildman–Crippen MR) is 72.8 cm³/mol. The highest BCUT2D eigenvalue weighted by Gasteiger charge is 2.17. The Bertz CT molecular complexity index is 575. The fourth-order valence-corrected chi connectivity index (χ4v) is 2.07. The Morgan fingerprint density at radius 2 is 1.90 bits per heavy atom. The van der Waals surface area contributed by atoms with Gasteiger partial charge in [0.15, 0.2) is 0 Å². The van der Waals surface area contributed by atoms with Gasteiger partial charge in [-0.3, -0.25) is 4.98 Å². The number of ether oxygens (including phenoxy) is 1. The zero-order chi connectivity index (χ0) is 15.2. The summed E-state index contributed by atoms with van der Waals surface area (Å²) in [6, 6.07) is 7.34. The van der Waals surface area contributed by atoms with Gasteiger partial charge in [-0.25, -0.2) is 4.39 Å². The summed E-state index contributed by atoms with van der Waals surface area (Å²) >= 11 is 0. The van der Waals surface area contributed by atoms with Crippen molar-refractivity contribution in [2.75, 3.05) is 6.54 Å². The molecular formula is C15H15F3N2O. The van der Waals surface area contributed by atoms with Gasteiger partial charge in [0.05, 0.1) is 12.2 Å². The number of alkyl halides is 2. The Hall–Kier alpha value is -2.08. The molecule has 21 heavy (non-hydrogen) atoms. The minimum atomic E-state index is -2.86. The summed E-state index contributed by atoms with van der Waals surface area (Å²) < 4.78 is 42.4. The number of pyridine rings is 1. The van der Waals surface area contributed by atoms with Crippen LogP contribution in [0.3, 0.4) is 0 Å². The highest BCUT2D eigenvalue weighted by molar-refractivity contribution is 5.35. The van der Waals surface area contributed by atoms with Crippen LogP contribution >= 0.6 is 0 Å². The van der Waals surface area contributed by atoms with E-state index >= 15 is 0 Å². The third kappa shape index (κ3) is 3.95. The third-order valence-corrected chi connectivity index (χ3v) is 2.96. The van der Waals surface area contributed by atoms with Gasteiger partial charge in [0, 0.05) is 11.8 Å². The fourth-order valence-electron chi connectivity index (χ4n) is 2.07. The average Bonchev–Trinajstić information content (AvgIpc) is 2.46. The van der Waals surface area contributed by atoms with E-state index in [0.717, 1.165) is 11.8 Å². The van der Waals surface area contributed by atoms with Crippen LogP contribution in [-0.4, -0.2) is 18.1 Å². The molecule has 2 rings (SSSR count). The van der Waals surface area contributed by atoms with Crippen LogP contribution in [0.25, 0.3) is 0 Å². The Labute approximate surface area is 120 Å². The second kappa shape index (κ2) is 7.08. The van der Waals surface area contributed by atoms with Crippen LogP contribution in [0.2, 0.25) is 0 Å². The van der Waals surface area contributed by atoms with E-state index in [0.29, 0.717) is 12.1 Å². The molecule has 1 unspecified atom stereocenters. The first kappa shape index (κ1) is 15.3. The number of hydrogen-bond acceptors (Lipinski definition) is 3. The molecule has 0 saturated heterocycles. The molecule has 0 amide bonds. The molecule has 0 bridgehead atoms. The molecule has 1 atom stereocenters. The number of benzene rings is 1. The Kier molecular flexibility index (Phi) is 5.16. The fraction of sp³-hybridized carbons (Fsp3) is 0.267. The molecule has 0 saturated carbocycles. The quantitative estimate of drug-likeness (QED) is 0.885. The monoisotopic (exact) mass is 296 g/mol. The lowest BCUT2D eigenvalue weighted by molar-refractivity contribution is -0.0498. The first-order chi connectivity index (χ1) is 10.1. The number of rotatable bonds is 6. The summed E-state index contributed by atoms with van der Waals surface area (Å²) in [6.45, 7) is -0.333. The molecule has 0 spiro atoms. The zero-order valence-electron chi connectivity index (χ0n) is 11.4. The maximum absolute atomic E-state index is 13.9. The smallest absolute Gasteiger partial charge is 0.387 e. The maximum Gasteiger partial charge on any atom is 0.387 e. The van der Waals surface area contributed by atoms with Crippen molar-refractivity contribution in [3.8, 4) is 5.75 Å². The van der Waals surface area contributed by atoms with E-state index in [-0.39, 0.29) is 11.8 Å². The third-order valence-electron chi connectivity index (χ3n) is 2.96. The van der Waals surface area contributed by atoms with Gasteiger partial charge in [-0.2, -0.15) is 8.78 Å². The number of halogens is 3. The Balaban J connectivity index is 2.28. The topological polar surface area (TPSA) is 34.1 Å². The lowest BCUT2D eigenvalue weighted by atomic mass is 9.99. The summed E-state index contributed by atoms with van der Waals surface area (Å²) in [5.74, 6) is -0.351. The highest BCUT2D eigenvalue weighted by atomic mass is 19.3. The van der Waals surface area contributed by atoms with Crippen molar-refractivity contribution in [2.45, 2.75) is 19.6 Å². The summed E-state index contributed by atoms with van der Waals surface area (Å²) in [6.07, 6.45) is 2.66. The second-order valence-electron chi connectivity index (χ2n) is 4.34. The molecule has 1 aromatic carbocycles. The Morgan fingerprint density at radius 3 is 2.48 bits per heavy atom. The van der Waals surface area contributed by atoms with E-state index < -0.39 is 12.4 Å². The van der Waals surface area contributed by atoms with Crippen LogP contribution in [0.5, 0.6) is 5.75 Å². The van der Waals surface area contributed by atoms with Crippen LogP contribution in [-0.2, 0) is 0 Å². The first-order valence-electron chi connectivity index (χ1n) is 6.49. The van der Waals surface area contributed by atoms with Gasteiger partial charge in [0.1, 0.15) is 11.6 Å². The molecule has 3 nitrogen and oxygen atoms in total. The predicted octanol–water partition coefficient (Wildman–Crippen LogP) is 3.52. The van der Waals surface area contributed by atoms with Crippen LogP contribution in [0, 0.1) is 5.82 Å². The molecule has 6 heteroatoms. The molecule has 1 heterocycles. The molecule has 1 N–H and O–H groups in total. The van der Waals surface area contributed by atoms with E-state index in [1.165, 1.54) is 18.3 Å². The molecule has 0 aliphatic rings. The maximum atomic E-state index is 13.9. The highest BCUT2D eigenvalue weighted by Crippen LogP contribution is 2.26. The van der Waals surface area contributed by atoms with Crippen molar-refractivity contribution >= 4 is 0 Å². The number of nitrogens with zero attached hydrogens (tertiary/aromatic N) is 1. The SMILES string of the molecule is CCNC(c1ccc(OC(F)F)cc1)c1ccncc1F. The van der Waals surface area contributed by atoms with E-state index in [4.69, 9.17) is 0 Å². The van der Waals surface area contributed by atoms with Gasteiger partial charge in [-0.15, -0.1) is 0 Å². The molecule has 112 valence electrons. The van der Waals surface area contributed by atoms with Crippen LogP contribution in [0.4, 0.5) is 13.2 Å². The van der Waals surface area contributed by atoms with Crippen molar-refractivity contribution in [2.24, 2.45) is 0 Å². The van der Waals surface area contributed by atoms with Gasteiger partial charge in [-0.1, -0.05) is 19.1 Å². The van der Waals surface area contributed by atoms with Crippen molar-refractivity contribution in [1.82, 2.24) is 10.3 Å². The van der Waals surface area contributed by atoms with E-state index in [2.05, 4.69) is 15.0 Å². The molecule has 0 aliphatic carbocycles. The van der Waals surface area contributed by atoms with Gasteiger partial charge in [0.25, 0.3) is 0 Å². The average molecular weight is 296 g/mol. The molecule has 2 aromatic rings. The summed E-state index contributed by atoms with van der Waals surface area (Å²) in [5.41, 5.74) is 1.21. The van der Waals surface area contributed by atoms with Gasteiger partial charge >= 0.3 is 6.61 Å². The minimum absolute atomic E-state index is 0.0687. The van der Waals surface area contributed by atoms with Gasteiger partial charge < -0.3 is 10.1 Å². The van der Waals surface area contributed by atoms with Gasteiger partial charge in [0.2, 0.25) is 0 Å². The first-order valence-corrected chi connectivity index (χ1v) is 6.49. The minimum Gasteiger partial charge on any atom is -0.435 e. The molecule has 0 radical (unpaired) electrons.